The van der Waals surface area contributed by atoms with E-state index in [0.717, 1.165) is 38.5 Å². The van der Waals surface area contributed by atoms with Gasteiger partial charge in [-0.3, -0.25) is 19.3 Å². The van der Waals surface area contributed by atoms with E-state index in [9.17, 15) is 29.4 Å². The third kappa shape index (κ3) is 6.12. The Balaban J connectivity index is 1.24. The molecule has 0 unspecified atom stereocenters. The van der Waals surface area contributed by atoms with Crippen LogP contribution in [0.25, 0.3) is 0 Å². The Morgan fingerprint density at radius 3 is 2.22 bits per heavy atom. The summed E-state index contributed by atoms with van der Waals surface area (Å²) in [4.78, 5) is 53.6. The van der Waals surface area contributed by atoms with Crippen molar-refractivity contribution in [2.24, 2.45) is 11.8 Å². The van der Waals surface area contributed by atoms with E-state index in [1.54, 1.807) is 0 Å². The molecule has 174 valence electrons. The number of carbonyl (C=O) groups excluding carboxylic acids is 4. The van der Waals surface area contributed by atoms with Gasteiger partial charge in [0, 0.05) is 49.7 Å². The Labute approximate surface area is 185 Å². The predicted octanol–water partition coefficient (Wildman–Crippen LogP) is 1.26. The van der Waals surface area contributed by atoms with E-state index in [0.29, 0.717) is 24.2 Å². The third-order valence-corrected chi connectivity index (χ3v) is 5.91. The summed E-state index contributed by atoms with van der Waals surface area (Å²) in [6.45, 7) is 0.945. The lowest BCUT2D eigenvalue weighted by molar-refractivity contribution is -0.145. The first-order valence-corrected chi connectivity index (χ1v) is 11.0. The number of amides is 3. The molecule has 0 atom stereocenters. The van der Waals surface area contributed by atoms with Gasteiger partial charge in [-0.2, -0.15) is 0 Å². The van der Waals surface area contributed by atoms with Crippen molar-refractivity contribution in [3.8, 4) is 11.8 Å². The van der Waals surface area contributed by atoms with Crippen molar-refractivity contribution >= 4 is 23.7 Å². The summed E-state index contributed by atoms with van der Waals surface area (Å²) in [5, 5.41) is 21.8. The Morgan fingerprint density at radius 1 is 0.969 bits per heavy atom. The van der Waals surface area contributed by atoms with Gasteiger partial charge >= 0.3 is 5.97 Å². The van der Waals surface area contributed by atoms with Gasteiger partial charge in [-0.15, -0.1) is 4.73 Å². The molecule has 1 aromatic rings. The molecule has 1 aliphatic carbocycles. The summed E-state index contributed by atoms with van der Waals surface area (Å²) in [5.41, 5.74) is 0. The summed E-state index contributed by atoms with van der Waals surface area (Å²) in [5.74, 6) is -1.59. The Hall–Kier alpha value is -3.30. The van der Waals surface area contributed by atoms with Gasteiger partial charge in [0.1, 0.15) is 0 Å². The van der Waals surface area contributed by atoms with Crippen molar-refractivity contribution in [2.75, 3.05) is 13.1 Å². The number of nitrogens with zero attached hydrogens (tertiary/aromatic N) is 2. The maximum atomic E-state index is 12.4. The molecule has 3 N–H and O–H groups in total. The lowest BCUT2D eigenvalue weighted by Gasteiger charge is -2.30. The van der Waals surface area contributed by atoms with Crippen LogP contribution in [0.1, 0.15) is 51.4 Å². The highest BCUT2D eigenvalue weighted by molar-refractivity contribution is 6.12. The molecule has 3 rings (SSSR count). The first-order valence-electron chi connectivity index (χ1n) is 11.0. The molecule has 0 radical (unpaired) electrons. The van der Waals surface area contributed by atoms with Crippen LogP contribution in [0.2, 0.25) is 0 Å². The van der Waals surface area contributed by atoms with E-state index in [-0.39, 0.29) is 47.7 Å². The van der Waals surface area contributed by atoms with Gasteiger partial charge in [0.2, 0.25) is 17.7 Å². The van der Waals surface area contributed by atoms with E-state index < -0.39 is 5.97 Å². The van der Waals surface area contributed by atoms with Gasteiger partial charge in [0.15, 0.2) is 0 Å². The van der Waals surface area contributed by atoms with E-state index >= 15 is 0 Å². The highest BCUT2D eigenvalue weighted by Crippen LogP contribution is 2.30. The smallest absolute Gasteiger partial charge is 0.333 e. The van der Waals surface area contributed by atoms with Gasteiger partial charge in [-0.1, -0.05) is 6.42 Å². The quantitative estimate of drug-likeness (QED) is 0.363. The number of imide groups is 1. The Morgan fingerprint density at radius 2 is 1.59 bits per heavy atom. The molecule has 1 fully saturated rings. The minimum absolute atomic E-state index is 0.0245. The highest BCUT2D eigenvalue weighted by Gasteiger charge is 2.31. The fourth-order valence-corrected chi connectivity index (χ4v) is 4.05. The second kappa shape index (κ2) is 10.8. The van der Waals surface area contributed by atoms with Crippen molar-refractivity contribution in [3.63, 3.8) is 0 Å². The van der Waals surface area contributed by atoms with Crippen LogP contribution < -0.4 is 10.2 Å². The Bertz CT molecular complexity index is 847. The number of carbonyl (C=O) groups is 4. The number of aromatic nitrogens is 1. The van der Waals surface area contributed by atoms with Crippen LogP contribution in [-0.4, -0.2) is 56.6 Å². The molecule has 1 aromatic heterocycles. The second-order valence-electron chi connectivity index (χ2n) is 8.25. The molecule has 2 heterocycles. The SMILES string of the molecule is O=C(CCCCCNC(=O)C1CCC(CN2C(=O)C=CC2=O)CC1)On1c(O)ccc1O. The number of unbranched alkanes of at least 4 members (excludes halogenated alkanes) is 2. The summed E-state index contributed by atoms with van der Waals surface area (Å²) in [7, 11) is 0. The van der Waals surface area contributed by atoms with Gasteiger partial charge in [-0.25, -0.2) is 4.79 Å². The van der Waals surface area contributed by atoms with E-state index in [4.69, 9.17) is 4.84 Å². The lowest BCUT2D eigenvalue weighted by atomic mass is 9.81. The normalized spacial score (nSPS) is 20.6. The number of nitrogens with one attached hydrogen (secondary N) is 1. The van der Waals surface area contributed by atoms with Crippen LogP contribution in [-0.2, 0) is 19.2 Å². The van der Waals surface area contributed by atoms with Crippen molar-refractivity contribution in [1.29, 1.82) is 0 Å². The summed E-state index contributed by atoms with van der Waals surface area (Å²) in [6, 6.07) is 2.43. The summed E-state index contributed by atoms with van der Waals surface area (Å²) >= 11 is 0. The molecular weight excluding hydrogens is 418 g/mol. The predicted molar refractivity (Wildman–Crippen MR) is 112 cm³/mol. The number of aromatic hydroxyl groups is 2. The standard InChI is InChI=1S/C22H29N3O7/c26-17-9-10-18(27)24(17)14-15-5-7-16(8-6-15)22(31)23-13-3-1-2-4-21(30)32-25-19(28)11-12-20(25)29/h9-12,15-16,28-29H,1-8,13-14H2,(H,23,31). The zero-order valence-electron chi connectivity index (χ0n) is 17.9. The molecule has 0 bridgehead atoms. The molecule has 0 aromatic carbocycles. The molecule has 2 aliphatic rings. The molecule has 1 aliphatic heterocycles. The maximum absolute atomic E-state index is 12.4. The highest BCUT2D eigenvalue weighted by atomic mass is 16.7. The molecular formula is C22H29N3O7. The van der Waals surface area contributed by atoms with Crippen LogP contribution in [0.3, 0.4) is 0 Å². The monoisotopic (exact) mass is 447 g/mol. The topological polar surface area (TPSA) is 138 Å². The van der Waals surface area contributed by atoms with E-state index in [1.807, 2.05) is 0 Å². The molecule has 10 heteroatoms. The minimum atomic E-state index is -0.569. The molecule has 0 spiro atoms. The first kappa shape index (κ1) is 23.4. The van der Waals surface area contributed by atoms with E-state index in [2.05, 4.69) is 5.32 Å². The summed E-state index contributed by atoms with van der Waals surface area (Å²) < 4.78 is 0.662. The van der Waals surface area contributed by atoms with Gasteiger partial charge in [0.05, 0.1) is 0 Å². The van der Waals surface area contributed by atoms with Crippen LogP contribution in [0.5, 0.6) is 11.8 Å². The van der Waals surface area contributed by atoms with Crippen molar-refractivity contribution in [1.82, 2.24) is 14.9 Å². The third-order valence-electron chi connectivity index (χ3n) is 5.91. The fourth-order valence-electron chi connectivity index (χ4n) is 4.05. The number of hydrogen-bond acceptors (Lipinski definition) is 7. The number of hydrogen-bond donors (Lipinski definition) is 3. The van der Waals surface area contributed by atoms with Crippen LogP contribution in [0.15, 0.2) is 24.3 Å². The average Bonchev–Trinajstić information content (AvgIpc) is 3.26. The molecule has 32 heavy (non-hydrogen) atoms. The van der Waals surface area contributed by atoms with Gasteiger partial charge < -0.3 is 20.4 Å². The van der Waals surface area contributed by atoms with Crippen LogP contribution >= 0.6 is 0 Å². The lowest BCUT2D eigenvalue weighted by Crippen LogP contribution is -2.38. The molecule has 3 amide bonds. The van der Waals surface area contributed by atoms with Crippen LogP contribution in [0.4, 0.5) is 0 Å². The summed E-state index contributed by atoms with van der Waals surface area (Å²) in [6.07, 6.45) is 7.82. The largest absolute Gasteiger partial charge is 0.492 e. The minimum Gasteiger partial charge on any atom is -0.492 e. The first-order chi connectivity index (χ1) is 15.3. The average molecular weight is 447 g/mol. The van der Waals surface area contributed by atoms with Crippen LogP contribution in [0, 0.1) is 11.8 Å². The van der Waals surface area contributed by atoms with Gasteiger partial charge in [-0.05, 0) is 44.4 Å². The second-order valence-corrected chi connectivity index (χ2v) is 8.25. The van der Waals surface area contributed by atoms with E-state index in [1.165, 1.54) is 29.2 Å². The van der Waals surface area contributed by atoms with Gasteiger partial charge in [0.25, 0.3) is 11.8 Å². The fraction of sp³-hybridized carbons (Fsp3) is 0.545. The maximum Gasteiger partial charge on any atom is 0.333 e. The van der Waals surface area contributed by atoms with Crippen molar-refractivity contribution in [3.05, 3.63) is 24.3 Å². The molecule has 0 saturated heterocycles. The molecule has 1 saturated carbocycles. The Kier molecular flexibility index (Phi) is 7.91. The zero-order valence-corrected chi connectivity index (χ0v) is 17.9. The number of rotatable bonds is 10. The molecule has 10 nitrogen and oxygen atoms in total. The van der Waals surface area contributed by atoms with Crippen molar-refractivity contribution < 1.29 is 34.2 Å². The zero-order chi connectivity index (χ0) is 23.1. The van der Waals surface area contributed by atoms with Crippen molar-refractivity contribution in [2.45, 2.75) is 51.4 Å².